The first-order valence-electron chi connectivity index (χ1n) is 7.29. The van der Waals surface area contributed by atoms with Crippen molar-refractivity contribution in [2.24, 2.45) is 0 Å². The first-order valence-corrected chi connectivity index (χ1v) is 8.44. The number of thioether (sulfide) groups is 1. The van der Waals surface area contributed by atoms with Crippen molar-refractivity contribution in [2.45, 2.75) is 38.7 Å². The molecule has 1 unspecified atom stereocenters. The molecule has 5 heteroatoms. The molecular formula is C15H22N2O2S. The van der Waals surface area contributed by atoms with E-state index in [0.29, 0.717) is 18.0 Å². The van der Waals surface area contributed by atoms with Gasteiger partial charge in [0, 0.05) is 18.5 Å². The molecule has 1 aliphatic heterocycles. The van der Waals surface area contributed by atoms with Crippen molar-refractivity contribution < 1.29 is 9.53 Å². The quantitative estimate of drug-likeness (QED) is 0.786. The molecule has 1 atom stereocenters. The first kappa shape index (κ1) is 15.2. The molecular weight excluding hydrogens is 272 g/mol. The van der Waals surface area contributed by atoms with Crippen molar-refractivity contribution in [2.75, 3.05) is 18.1 Å². The highest BCUT2D eigenvalue weighted by Gasteiger charge is 2.21. The number of rotatable bonds is 7. The molecule has 0 aliphatic carbocycles. The molecule has 1 N–H and O–H groups in total. The Morgan fingerprint density at radius 3 is 3.20 bits per heavy atom. The van der Waals surface area contributed by atoms with E-state index in [-0.39, 0.29) is 12.0 Å². The first-order chi connectivity index (χ1) is 9.81. The highest BCUT2D eigenvalue weighted by atomic mass is 32.2. The van der Waals surface area contributed by atoms with Crippen molar-refractivity contribution >= 4 is 17.7 Å². The Morgan fingerprint density at radius 2 is 2.45 bits per heavy atom. The zero-order valence-corrected chi connectivity index (χ0v) is 12.7. The summed E-state index contributed by atoms with van der Waals surface area (Å²) in [7, 11) is 0. The van der Waals surface area contributed by atoms with Gasteiger partial charge in [0.2, 0.25) is 5.88 Å². The van der Waals surface area contributed by atoms with Crippen LogP contribution < -0.4 is 10.1 Å². The van der Waals surface area contributed by atoms with Gasteiger partial charge in [-0.15, -0.1) is 0 Å². The number of hydrogen-bond donors (Lipinski definition) is 1. The minimum atomic E-state index is -0.0881. The van der Waals surface area contributed by atoms with E-state index < -0.39 is 0 Å². The molecule has 0 spiro atoms. The highest BCUT2D eigenvalue weighted by Crippen LogP contribution is 2.24. The van der Waals surface area contributed by atoms with Crippen LogP contribution in [-0.4, -0.2) is 35.0 Å². The second kappa shape index (κ2) is 8.15. The second-order valence-electron chi connectivity index (χ2n) is 4.92. The SMILES string of the molecule is CCCCCNC(=O)c1cccnc1OC1CCSC1. The van der Waals surface area contributed by atoms with E-state index in [9.17, 15) is 4.79 Å². The fourth-order valence-electron chi connectivity index (χ4n) is 2.09. The Labute approximate surface area is 124 Å². The molecule has 2 heterocycles. The molecule has 1 saturated heterocycles. The van der Waals surface area contributed by atoms with Crippen LogP contribution in [0.4, 0.5) is 0 Å². The summed E-state index contributed by atoms with van der Waals surface area (Å²) in [6.45, 7) is 2.86. The summed E-state index contributed by atoms with van der Waals surface area (Å²) < 4.78 is 5.86. The molecule has 110 valence electrons. The van der Waals surface area contributed by atoms with Crippen molar-refractivity contribution in [3.05, 3.63) is 23.9 Å². The third-order valence-corrected chi connectivity index (χ3v) is 4.38. The molecule has 2 rings (SSSR count). The number of nitrogens with zero attached hydrogens (tertiary/aromatic N) is 1. The average Bonchev–Trinajstić information content (AvgIpc) is 2.97. The maximum absolute atomic E-state index is 12.2. The molecule has 1 aromatic heterocycles. The van der Waals surface area contributed by atoms with Crippen LogP contribution in [0.2, 0.25) is 0 Å². The van der Waals surface area contributed by atoms with Crippen LogP contribution in [-0.2, 0) is 0 Å². The van der Waals surface area contributed by atoms with Crippen LogP contribution >= 0.6 is 11.8 Å². The number of ether oxygens (including phenoxy) is 1. The summed E-state index contributed by atoms with van der Waals surface area (Å²) in [4.78, 5) is 16.4. The molecule has 4 nitrogen and oxygen atoms in total. The fourth-order valence-corrected chi connectivity index (χ4v) is 3.19. The molecule has 0 saturated carbocycles. The second-order valence-corrected chi connectivity index (χ2v) is 6.07. The largest absolute Gasteiger partial charge is 0.473 e. The van der Waals surface area contributed by atoms with Gasteiger partial charge in [-0.05, 0) is 30.7 Å². The molecule has 1 amide bonds. The Morgan fingerprint density at radius 1 is 1.55 bits per heavy atom. The summed E-state index contributed by atoms with van der Waals surface area (Å²) in [5.74, 6) is 2.48. The lowest BCUT2D eigenvalue weighted by Gasteiger charge is -2.14. The minimum absolute atomic E-state index is 0.0881. The molecule has 1 aliphatic rings. The standard InChI is InChI=1S/C15H22N2O2S/c1-2-3-4-8-16-14(18)13-6-5-9-17-15(13)19-12-7-10-20-11-12/h5-6,9,12H,2-4,7-8,10-11H2,1H3,(H,16,18). The summed E-state index contributed by atoms with van der Waals surface area (Å²) in [5.41, 5.74) is 0.542. The smallest absolute Gasteiger partial charge is 0.256 e. The van der Waals surface area contributed by atoms with Gasteiger partial charge in [-0.1, -0.05) is 19.8 Å². The highest BCUT2D eigenvalue weighted by molar-refractivity contribution is 7.99. The van der Waals surface area contributed by atoms with Crippen molar-refractivity contribution in [3.63, 3.8) is 0 Å². The third kappa shape index (κ3) is 4.40. The number of aromatic nitrogens is 1. The molecule has 20 heavy (non-hydrogen) atoms. The molecule has 1 fully saturated rings. The van der Waals surface area contributed by atoms with Gasteiger partial charge in [0.1, 0.15) is 11.7 Å². The van der Waals surface area contributed by atoms with Gasteiger partial charge in [-0.2, -0.15) is 11.8 Å². The predicted octanol–water partition coefficient (Wildman–Crippen LogP) is 2.89. The van der Waals surface area contributed by atoms with Gasteiger partial charge in [-0.25, -0.2) is 4.98 Å². The zero-order valence-electron chi connectivity index (χ0n) is 11.9. The Hall–Kier alpha value is -1.23. The Bertz CT molecular complexity index is 434. The van der Waals surface area contributed by atoms with E-state index in [0.717, 1.165) is 37.2 Å². The van der Waals surface area contributed by atoms with Crippen molar-refractivity contribution in [3.8, 4) is 5.88 Å². The lowest BCUT2D eigenvalue weighted by Crippen LogP contribution is -2.26. The summed E-state index contributed by atoms with van der Waals surface area (Å²) in [6.07, 6.45) is 6.18. The van der Waals surface area contributed by atoms with Crippen LogP contribution in [0.3, 0.4) is 0 Å². The van der Waals surface area contributed by atoms with Gasteiger partial charge >= 0.3 is 0 Å². The topological polar surface area (TPSA) is 51.2 Å². The Balaban J connectivity index is 1.93. The van der Waals surface area contributed by atoms with E-state index in [1.54, 1.807) is 18.3 Å². The van der Waals surface area contributed by atoms with Crippen LogP contribution in [0, 0.1) is 0 Å². The maximum atomic E-state index is 12.2. The molecule has 0 aromatic carbocycles. The molecule has 1 aromatic rings. The lowest BCUT2D eigenvalue weighted by molar-refractivity contribution is 0.0945. The summed E-state index contributed by atoms with van der Waals surface area (Å²) in [5, 5.41) is 2.93. The molecule has 0 radical (unpaired) electrons. The van der Waals surface area contributed by atoms with E-state index in [1.807, 2.05) is 11.8 Å². The number of unbranched alkanes of at least 4 members (excludes halogenated alkanes) is 2. The number of hydrogen-bond acceptors (Lipinski definition) is 4. The van der Waals surface area contributed by atoms with Crippen molar-refractivity contribution in [1.82, 2.24) is 10.3 Å². The lowest BCUT2D eigenvalue weighted by atomic mass is 10.2. The maximum Gasteiger partial charge on any atom is 0.256 e. The third-order valence-electron chi connectivity index (χ3n) is 3.25. The van der Waals surface area contributed by atoms with Gasteiger partial charge in [0.05, 0.1) is 0 Å². The average molecular weight is 294 g/mol. The van der Waals surface area contributed by atoms with Gasteiger partial charge in [0.15, 0.2) is 0 Å². The number of carbonyl (C=O) groups is 1. The van der Waals surface area contributed by atoms with Crippen LogP contribution in [0.25, 0.3) is 0 Å². The Kier molecular flexibility index (Phi) is 6.18. The minimum Gasteiger partial charge on any atom is -0.473 e. The van der Waals surface area contributed by atoms with Crippen LogP contribution in [0.5, 0.6) is 5.88 Å². The predicted molar refractivity (Wildman–Crippen MR) is 82.5 cm³/mol. The van der Waals surface area contributed by atoms with Gasteiger partial charge in [-0.3, -0.25) is 4.79 Å². The van der Waals surface area contributed by atoms with E-state index >= 15 is 0 Å². The van der Waals surface area contributed by atoms with Gasteiger partial charge < -0.3 is 10.1 Å². The molecule has 0 bridgehead atoms. The summed E-state index contributed by atoms with van der Waals surface area (Å²) in [6, 6.07) is 3.55. The number of nitrogens with one attached hydrogen (secondary N) is 1. The number of pyridine rings is 1. The zero-order chi connectivity index (χ0) is 14.2. The van der Waals surface area contributed by atoms with Crippen LogP contribution in [0.15, 0.2) is 18.3 Å². The number of amides is 1. The number of carbonyl (C=O) groups excluding carboxylic acids is 1. The fraction of sp³-hybridized carbons (Fsp3) is 0.600. The summed E-state index contributed by atoms with van der Waals surface area (Å²) >= 11 is 1.88. The van der Waals surface area contributed by atoms with Crippen LogP contribution in [0.1, 0.15) is 43.0 Å². The monoisotopic (exact) mass is 294 g/mol. The van der Waals surface area contributed by atoms with Crippen molar-refractivity contribution in [1.29, 1.82) is 0 Å². The van der Waals surface area contributed by atoms with Gasteiger partial charge in [0.25, 0.3) is 5.91 Å². The van der Waals surface area contributed by atoms with E-state index in [2.05, 4.69) is 17.2 Å². The normalized spacial score (nSPS) is 17.9. The van der Waals surface area contributed by atoms with E-state index in [1.165, 1.54) is 0 Å². The van der Waals surface area contributed by atoms with E-state index in [4.69, 9.17) is 4.74 Å².